The average Bonchev–Trinajstić information content (AvgIpc) is 2.37. The molecular weight excluding hydrogens is 271 g/mol. The maximum absolute atomic E-state index is 13.6. The van der Waals surface area contributed by atoms with Crippen molar-refractivity contribution in [1.29, 1.82) is 0 Å². The number of hydrogen-bond donors (Lipinski definition) is 2. The average molecular weight is 290 g/mol. The van der Waals surface area contributed by atoms with Gasteiger partial charge in [-0.15, -0.1) is 0 Å². The first-order valence-corrected chi connectivity index (χ1v) is 7.46. The van der Waals surface area contributed by atoms with Crippen LogP contribution in [0.4, 0.5) is 4.39 Å². The van der Waals surface area contributed by atoms with E-state index in [2.05, 4.69) is 4.72 Å². The molecule has 0 bridgehead atoms. The maximum Gasteiger partial charge on any atom is 0.243 e. The van der Waals surface area contributed by atoms with Crippen LogP contribution in [0.1, 0.15) is 12.5 Å². The van der Waals surface area contributed by atoms with Gasteiger partial charge in [0.15, 0.2) is 0 Å². The van der Waals surface area contributed by atoms with E-state index >= 15 is 0 Å². The second kappa shape index (κ2) is 6.95. The lowest BCUT2D eigenvalue weighted by Crippen LogP contribution is -2.33. The Balaban J connectivity index is 2.77. The van der Waals surface area contributed by atoms with Crippen LogP contribution in [0.5, 0.6) is 0 Å². The molecule has 1 aromatic rings. The summed E-state index contributed by atoms with van der Waals surface area (Å²) >= 11 is 0. The zero-order valence-electron chi connectivity index (χ0n) is 11.1. The third-order valence-corrected chi connectivity index (χ3v) is 4.29. The normalized spacial score (nSPS) is 12.1. The topological polar surface area (TPSA) is 69.6 Å². The predicted molar refractivity (Wildman–Crippen MR) is 70.7 cm³/mol. The van der Waals surface area contributed by atoms with Gasteiger partial charge in [0.1, 0.15) is 10.7 Å². The molecule has 0 amide bonds. The lowest BCUT2D eigenvalue weighted by molar-refractivity contribution is 0.281. The van der Waals surface area contributed by atoms with Crippen LogP contribution in [-0.2, 0) is 16.6 Å². The molecule has 0 fully saturated rings. The fourth-order valence-corrected chi connectivity index (χ4v) is 2.55. The molecule has 0 unspecified atom stereocenters. The zero-order valence-corrected chi connectivity index (χ0v) is 11.9. The first-order chi connectivity index (χ1) is 8.90. The largest absolute Gasteiger partial charge is 0.392 e. The van der Waals surface area contributed by atoms with E-state index in [1.165, 1.54) is 6.07 Å². The standard InChI is InChI=1S/C12H19FN2O3S/c1-3-15(2)7-6-14-19(17,18)12-5-4-10(9-16)8-11(12)13/h4-5,8,14,16H,3,6-7,9H2,1-2H3. The van der Waals surface area contributed by atoms with Crippen molar-refractivity contribution in [3.05, 3.63) is 29.6 Å². The number of sulfonamides is 1. The smallest absolute Gasteiger partial charge is 0.243 e. The number of nitrogens with zero attached hydrogens (tertiary/aromatic N) is 1. The van der Waals surface area contributed by atoms with Crippen molar-refractivity contribution in [2.24, 2.45) is 0 Å². The number of nitrogens with one attached hydrogen (secondary N) is 1. The van der Waals surface area contributed by atoms with Crippen molar-refractivity contribution in [3.8, 4) is 0 Å². The van der Waals surface area contributed by atoms with Gasteiger partial charge in [-0.3, -0.25) is 0 Å². The number of rotatable bonds is 7. The Morgan fingerprint density at radius 2 is 2.11 bits per heavy atom. The molecule has 0 atom stereocenters. The highest BCUT2D eigenvalue weighted by Crippen LogP contribution is 2.15. The minimum atomic E-state index is -3.85. The molecule has 0 aliphatic rings. The number of hydrogen-bond acceptors (Lipinski definition) is 4. The van der Waals surface area contributed by atoms with Crippen LogP contribution in [0.15, 0.2) is 23.1 Å². The third kappa shape index (κ3) is 4.54. The SMILES string of the molecule is CCN(C)CCNS(=O)(=O)c1ccc(CO)cc1F. The van der Waals surface area contributed by atoms with Crippen LogP contribution >= 0.6 is 0 Å². The first-order valence-electron chi connectivity index (χ1n) is 5.98. The van der Waals surface area contributed by atoms with Gasteiger partial charge in [-0.05, 0) is 31.3 Å². The number of benzene rings is 1. The monoisotopic (exact) mass is 290 g/mol. The van der Waals surface area contributed by atoms with E-state index < -0.39 is 20.7 Å². The molecule has 0 aliphatic heterocycles. The summed E-state index contributed by atoms with van der Waals surface area (Å²) in [4.78, 5) is 1.54. The highest BCUT2D eigenvalue weighted by Gasteiger charge is 2.18. The molecule has 0 radical (unpaired) electrons. The van der Waals surface area contributed by atoms with E-state index in [9.17, 15) is 12.8 Å². The van der Waals surface area contributed by atoms with Crippen LogP contribution in [0, 0.1) is 5.82 Å². The summed E-state index contributed by atoms with van der Waals surface area (Å²) < 4.78 is 39.8. The molecule has 0 heterocycles. The molecule has 5 nitrogen and oxygen atoms in total. The van der Waals surface area contributed by atoms with Crippen LogP contribution in [-0.4, -0.2) is 45.1 Å². The first kappa shape index (κ1) is 16.0. The van der Waals surface area contributed by atoms with E-state index in [1.807, 2.05) is 18.9 Å². The summed E-state index contributed by atoms with van der Waals surface area (Å²) in [6, 6.07) is 3.56. The summed E-state index contributed by atoms with van der Waals surface area (Å²) in [7, 11) is -1.99. The highest BCUT2D eigenvalue weighted by atomic mass is 32.2. The Hall–Kier alpha value is -1.02. The number of halogens is 1. The predicted octanol–water partition coefficient (Wildman–Crippen LogP) is 0.548. The van der Waals surface area contributed by atoms with Crippen LogP contribution < -0.4 is 4.72 Å². The summed E-state index contributed by atoms with van der Waals surface area (Å²) in [5.74, 6) is -0.858. The molecular formula is C12H19FN2O3S. The second-order valence-electron chi connectivity index (χ2n) is 4.22. The lowest BCUT2D eigenvalue weighted by atomic mass is 10.2. The van der Waals surface area contributed by atoms with E-state index in [1.54, 1.807) is 0 Å². The molecule has 2 N–H and O–H groups in total. The van der Waals surface area contributed by atoms with E-state index in [0.29, 0.717) is 12.1 Å². The lowest BCUT2D eigenvalue weighted by Gasteiger charge is -2.14. The third-order valence-electron chi connectivity index (χ3n) is 2.79. The Labute approximate surface area is 113 Å². The van der Waals surface area contributed by atoms with Crippen molar-refractivity contribution in [3.63, 3.8) is 0 Å². The van der Waals surface area contributed by atoms with Crippen molar-refractivity contribution >= 4 is 10.0 Å². The van der Waals surface area contributed by atoms with Crippen molar-refractivity contribution in [2.75, 3.05) is 26.7 Å². The Morgan fingerprint density at radius 3 is 2.63 bits per heavy atom. The minimum absolute atomic E-state index is 0.216. The quantitative estimate of drug-likeness (QED) is 0.769. The highest BCUT2D eigenvalue weighted by molar-refractivity contribution is 7.89. The van der Waals surface area contributed by atoms with E-state index in [4.69, 9.17) is 5.11 Å². The number of likely N-dealkylation sites (N-methyl/N-ethyl adjacent to an activating group) is 1. The fourth-order valence-electron chi connectivity index (χ4n) is 1.47. The van der Waals surface area contributed by atoms with Gasteiger partial charge in [-0.1, -0.05) is 13.0 Å². The van der Waals surface area contributed by atoms with Crippen LogP contribution in [0.3, 0.4) is 0 Å². The summed E-state index contributed by atoms with van der Waals surface area (Å²) in [6.45, 7) is 3.20. The molecule has 0 saturated carbocycles. The van der Waals surface area contributed by atoms with Gasteiger partial charge in [-0.2, -0.15) is 0 Å². The molecule has 1 rings (SSSR count). The van der Waals surface area contributed by atoms with Gasteiger partial charge in [0, 0.05) is 13.1 Å². The van der Waals surface area contributed by atoms with Gasteiger partial charge >= 0.3 is 0 Å². The van der Waals surface area contributed by atoms with E-state index in [0.717, 1.165) is 18.7 Å². The molecule has 108 valence electrons. The van der Waals surface area contributed by atoms with Gasteiger partial charge in [-0.25, -0.2) is 17.5 Å². The summed E-state index contributed by atoms with van der Waals surface area (Å²) in [6.07, 6.45) is 0. The number of aliphatic hydroxyl groups is 1. The second-order valence-corrected chi connectivity index (χ2v) is 5.95. The molecule has 1 aromatic carbocycles. The van der Waals surface area contributed by atoms with Gasteiger partial charge < -0.3 is 10.0 Å². The molecule has 0 aromatic heterocycles. The van der Waals surface area contributed by atoms with Gasteiger partial charge in [0.2, 0.25) is 10.0 Å². The molecule has 0 spiro atoms. The summed E-state index contributed by atoms with van der Waals surface area (Å²) in [5, 5.41) is 8.85. The Kier molecular flexibility index (Phi) is 5.86. The van der Waals surface area contributed by atoms with Gasteiger partial charge in [0.25, 0.3) is 0 Å². The molecule has 19 heavy (non-hydrogen) atoms. The van der Waals surface area contributed by atoms with Crippen LogP contribution in [0.2, 0.25) is 0 Å². The fraction of sp³-hybridized carbons (Fsp3) is 0.500. The van der Waals surface area contributed by atoms with E-state index in [-0.39, 0.29) is 13.2 Å². The summed E-state index contributed by atoms with van der Waals surface area (Å²) in [5.41, 5.74) is 0.335. The minimum Gasteiger partial charge on any atom is -0.392 e. The van der Waals surface area contributed by atoms with Crippen LogP contribution in [0.25, 0.3) is 0 Å². The van der Waals surface area contributed by atoms with Crippen molar-refractivity contribution in [1.82, 2.24) is 9.62 Å². The Bertz CT molecular complexity index is 520. The van der Waals surface area contributed by atoms with Gasteiger partial charge in [0.05, 0.1) is 6.61 Å². The Morgan fingerprint density at radius 1 is 1.42 bits per heavy atom. The molecule has 0 aliphatic carbocycles. The molecule has 7 heteroatoms. The van der Waals surface area contributed by atoms with Crippen molar-refractivity contribution < 1.29 is 17.9 Å². The molecule has 0 saturated heterocycles. The number of aliphatic hydroxyl groups excluding tert-OH is 1. The zero-order chi connectivity index (χ0) is 14.5. The van der Waals surface area contributed by atoms with Crippen molar-refractivity contribution in [2.45, 2.75) is 18.4 Å². The maximum atomic E-state index is 13.6.